The van der Waals surface area contributed by atoms with Crippen LogP contribution in [0, 0.1) is 0 Å². The van der Waals surface area contributed by atoms with Crippen LogP contribution >= 0.6 is 11.3 Å². The summed E-state index contributed by atoms with van der Waals surface area (Å²) in [6.07, 6.45) is 0. The minimum Gasteiger partial charge on any atom is -0.496 e. The Labute approximate surface area is 122 Å². The van der Waals surface area contributed by atoms with Gasteiger partial charge in [-0.3, -0.25) is 0 Å². The first-order valence-electron chi connectivity index (χ1n) is 6.48. The summed E-state index contributed by atoms with van der Waals surface area (Å²) in [5, 5.41) is 8.58. The third-order valence-electron chi connectivity index (χ3n) is 3.24. The number of ether oxygens (including phenoxy) is 1. The number of nitrogens with zero attached hydrogens (tertiary/aromatic N) is 1. The Kier molecular flexibility index (Phi) is 3.67. The Morgan fingerprint density at radius 1 is 1.15 bits per heavy atom. The highest BCUT2D eigenvalue weighted by molar-refractivity contribution is 7.13. The van der Waals surface area contributed by atoms with E-state index < -0.39 is 0 Å². The van der Waals surface area contributed by atoms with Gasteiger partial charge in [0.15, 0.2) is 0 Å². The maximum absolute atomic E-state index is 5.44. The summed E-state index contributed by atoms with van der Waals surface area (Å²) in [5.41, 5.74) is 2.24. The topological polar surface area (TPSA) is 34.1 Å². The Bertz CT molecular complexity index is 736. The first-order valence-corrected chi connectivity index (χ1v) is 7.36. The van der Waals surface area contributed by atoms with Crippen molar-refractivity contribution in [1.82, 2.24) is 10.3 Å². The molecule has 1 N–H and O–H groups in total. The predicted octanol–water partition coefficient (Wildman–Crippen LogP) is 3.69. The Hall–Kier alpha value is -1.91. The highest BCUT2D eigenvalue weighted by atomic mass is 32.1. The molecule has 0 bridgehead atoms. The van der Waals surface area contributed by atoms with Gasteiger partial charge >= 0.3 is 0 Å². The molecule has 0 aliphatic carbocycles. The average Bonchev–Trinajstić information content (AvgIpc) is 2.95. The van der Waals surface area contributed by atoms with E-state index in [0.717, 1.165) is 33.9 Å². The van der Waals surface area contributed by atoms with Crippen molar-refractivity contribution in [2.75, 3.05) is 14.2 Å². The van der Waals surface area contributed by atoms with E-state index >= 15 is 0 Å². The molecule has 102 valence electrons. The molecule has 3 aromatic rings. The molecule has 3 nitrogen and oxygen atoms in total. The van der Waals surface area contributed by atoms with Gasteiger partial charge in [0.2, 0.25) is 0 Å². The van der Waals surface area contributed by atoms with Crippen molar-refractivity contribution < 1.29 is 4.74 Å². The van der Waals surface area contributed by atoms with Crippen LogP contribution in [-0.4, -0.2) is 19.1 Å². The second kappa shape index (κ2) is 5.61. The highest BCUT2D eigenvalue weighted by Gasteiger charge is 2.10. The van der Waals surface area contributed by atoms with E-state index in [0.29, 0.717) is 0 Å². The van der Waals surface area contributed by atoms with E-state index in [1.54, 1.807) is 18.4 Å². The number of thiazole rings is 1. The minimum absolute atomic E-state index is 0.796. The molecule has 0 aliphatic rings. The van der Waals surface area contributed by atoms with Crippen molar-refractivity contribution in [2.45, 2.75) is 6.54 Å². The molecule has 0 spiro atoms. The minimum atomic E-state index is 0.796. The van der Waals surface area contributed by atoms with E-state index in [4.69, 9.17) is 9.72 Å². The van der Waals surface area contributed by atoms with Gasteiger partial charge in [-0.2, -0.15) is 0 Å². The van der Waals surface area contributed by atoms with Crippen molar-refractivity contribution in [2.24, 2.45) is 0 Å². The second-order valence-corrected chi connectivity index (χ2v) is 5.39. The molecule has 4 heteroatoms. The van der Waals surface area contributed by atoms with Crippen LogP contribution in [0.4, 0.5) is 0 Å². The summed E-state index contributed by atoms with van der Waals surface area (Å²) in [5.74, 6) is 0.899. The van der Waals surface area contributed by atoms with Gasteiger partial charge in [0.1, 0.15) is 10.8 Å². The molecule has 0 radical (unpaired) electrons. The van der Waals surface area contributed by atoms with Gasteiger partial charge in [-0.15, -0.1) is 11.3 Å². The average molecular weight is 284 g/mol. The van der Waals surface area contributed by atoms with Gasteiger partial charge < -0.3 is 10.1 Å². The highest BCUT2D eigenvalue weighted by Crippen LogP contribution is 2.35. The van der Waals surface area contributed by atoms with Crippen molar-refractivity contribution in [3.05, 3.63) is 47.5 Å². The summed E-state index contributed by atoms with van der Waals surface area (Å²) in [6.45, 7) is 0.796. The molecule has 0 fully saturated rings. The lowest BCUT2D eigenvalue weighted by Gasteiger charge is -2.08. The van der Waals surface area contributed by atoms with Crippen LogP contribution in [0.3, 0.4) is 0 Å². The van der Waals surface area contributed by atoms with Gasteiger partial charge in [0.25, 0.3) is 0 Å². The zero-order chi connectivity index (χ0) is 13.9. The SMILES string of the molecule is CNCc1csc(-c2ccc(OC)c3ccccc23)n1. The normalized spacial score (nSPS) is 10.9. The summed E-state index contributed by atoms with van der Waals surface area (Å²) in [7, 11) is 3.64. The lowest BCUT2D eigenvalue weighted by atomic mass is 10.0. The van der Waals surface area contributed by atoms with Crippen molar-refractivity contribution in [1.29, 1.82) is 0 Å². The van der Waals surface area contributed by atoms with Gasteiger partial charge in [0, 0.05) is 22.9 Å². The number of rotatable bonds is 4. The van der Waals surface area contributed by atoms with Crippen LogP contribution in [0.1, 0.15) is 5.69 Å². The maximum Gasteiger partial charge on any atom is 0.126 e. The van der Waals surface area contributed by atoms with Crippen LogP contribution in [0.2, 0.25) is 0 Å². The van der Waals surface area contributed by atoms with Crippen LogP contribution < -0.4 is 10.1 Å². The second-order valence-electron chi connectivity index (χ2n) is 4.54. The third-order valence-corrected chi connectivity index (χ3v) is 4.17. The summed E-state index contributed by atoms with van der Waals surface area (Å²) in [4.78, 5) is 4.69. The molecule has 3 rings (SSSR count). The molecule has 1 heterocycles. The first-order chi connectivity index (χ1) is 9.83. The summed E-state index contributed by atoms with van der Waals surface area (Å²) < 4.78 is 5.44. The fourth-order valence-corrected chi connectivity index (χ4v) is 3.19. The van der Waals surface area contributed by atoms with E-state index in [1.165, 1.54) is 5.39 Å². The smallest absolute Gasteiger partial charge is 0.126 e. The number of methoxy groups -OCH3 is 1. The van der Waals surface area contributed by atoms with Gasteiger partial charge in [-0.05, 0) is 24.6 Å². The monoisotopic (exact) mass is 284 g/mol. The van der Waals surface area contributed by atoms with Crippen molar-refractivity contribution >= 4 is 22.1 Å². The van der Waals surface area contributed by atoms with E-state index in [-0.39, 0.29) is 0 Å². The molecule has 0 unspecified atom stereocenters. The lowest BCUT2D eigenvalue weighted by molar-refractivity contribution is 0.420. The Morgan fingerprint density at radius 2 is 1.95 bits per heavy atom. The van der Waals surface area contributed by atoms with Gasteiger partial charge in [-0.25, -0.2) is 4.98 Å². The molecule has 0 atom stereocenters. The number of nitrogens with one attached hydrogen (secondary N) is 1. The van der Waals surface area contributed by atoms with Crippen LogP contribution in [0.15, 0.2) is 41.8 Å². The van der Waals surface area contributed by atoms with E-state index in [1.807, 2.05) is 25.2 Å². The Morgan fingerprint density at radius 3 is 2.70 bits per heavy atom. The van der Waals surface area contributed by atoms with Crippen LogP contribution in [-0.2, 0) is 6.54 Å². The number of fused-ring (bicyclic) bond motifs is 1. The molecule has 1 aromatic heterocycles. The number of aromatic nitrogens is 1. The van der Waals surface area contributed by atoms with Gasteiger partial charge in [-0.1, -0.05) is 24.3 Å². The van der Waals surface area contributed by atoms with Crippen molar-refractivity contribution in [3.63, 3.8) is 0 Å². The zero-order valence-electron chi connectivity index (χ0n) is 11.5. The largest absolute Gasteiger partial charge is 0.496 e. The number of hydrogen-bond donors (Lipinski definition) is 1. The fourth-order valence-electron chi connectivity index (χ4n) is 2.33. The molecular formula is C16H16N2OS. The van der Waals surface area contributed by atoms with E-state index in [9.17, 15) is 0 Å². The molecule has 0 saturated carbocycles. The lowest BCUT2D eigenvalue weighted by Crippen LogP contribution is -2.04. The van der Waals surface area contributed by atoms with Crippen molar-refractivity contribution in [3.8, 4) is 16.3 Å². The first kappa shape index (κ1) is 13.1. The third kappa shape index (κ3) is 2.28. The van der Waals surface area contributed by atoms with Gasteiger partial charge in [0.05, 0.1) is 12.8 Å². The molecule has 0 saturated heterocycles. The molecule has 0 amide bonds. The van der Waals surface area contributed by atoms with Crippen LogP contribution in [0.25, 0.3) is 21.3 Å². The van der Waals surface area contributed by atoms with Crippen LogP contribution in [0.5, 0.6) is 5.75 Å². The molecule has 0 aliphatic heterocycles. The quantitative estimate of drug-likeness (QED) is 0.793. The molecule has 2 aromatic carbocycles. The summed E-state index contributed by atoms with van der Waals surface area (Å²) in [6, 6.07) is 12.4. The number of hydrogen-bond acceptors (Lipinski definition) is 4. The molecule has 20 heavy (non-hydrogen) atoms. The fraction of sp³-hybridized carbons (Fsp3) is 0.188. The molecular weight excluding hydrogens is 268 g/mol. The zero-order valence-corrected chi connectivity index (χ0v) is 12.3. The standard InChI is InChI=1S/C16H16N2OS/c1-17-9-11-10-20-16(18-11)14-7-8-15(19-2)13-6-4-3-5-12(13)14/h3-8,10,17H,9H2,1-2H3. The maximum atomic E-state index is 5.44. The van der Waals surface area contributed by atoms with E-state index in [2.05, 4.69) is 28.9 Å². The number of benzene rings is 2. The Balaban J connectivity index is 2.15. The summed E-state index contributed by atoms with van der Waals surface area (Å²) >= 11 is 1.68. The predicted molar refractivity (Wildman–Crippen MR) is 84.4 cm³/mol.